The van der Waals surface area contributed by atoms with Crippen LogP contribution in [0.5, 0.6) is 5.75 Å². The van der Waals surface area contributed by atoms with Crippen LogP contribution in [0.4, 0.5) is 0 Å². The zero-order valence-corrected chi connectivity index (χ0v) is 29.0. The highest BCUT2D eigenvalue weighted by atomic mass is 16.5. The lowest BCUT2D eigenvalue weighted by atomic mass is 9.92. The van der Waals surface area contributed by atoms with Gasteiger partial charge in [-0.25, -0.2) is 0 Å². The first kappa shape index (κ1) is 35.9. The SMILES string of the molecule is CCOC(=O)CCCCCN1CCCN(C(=O)c2cccc(C(c3cccc(O)c3)N3C[C@@H](C)N(CC(C)CC)C[C@@H]3C)c2)CC1. The van der Waals surface area contributed by atoms with Crippen LogP contribution in [0.25, 0.3) is 0 Å². The molecule has 2 aromatic rings. The van der Waals surface area contributed by atoms with Crippen molar-refractivity contribution >= 4 is 11.9 Å². The summed E-state index contributed by atoms with van der Waals surface area (Å²) >= 11 is 0. The first-order valence-electron chi connectivity index (χ1n) is 17.8. The number of carbonyl (C=O) groups excluding carboxylic acids is 2. The lowest BCUT2D eigenvalue weighted by Gasteiger charge is -2.48. The third-order valence-corrected chi connectivity index (χ3v) is 9.91. The molecule has 1 N–H and O–H groups in total. The Hall–Kier alpha value is -2.94. The predicted octanol–water partition coefficient (Wildman–Crippen LogP) is 6.19. The molecule has 2 heterocycles. The van der Waals surface area contributed by atoms with E-state index in [9.17, 15) is 14.7 Å². The van der Waals surface area contributed by atoms with Gasteiger partial charge < -0.3 is 19.6 Å². The second kappa shape index (κ2) is 17.8. The van der Waals surface area contributed by atoms with Crippen molar-refractivity contribution in [1.82, 2.24) is 19.6 Å². The van der Waals surface area contributed by atoms with Crippen molar-refractivity contribution in [2.45, 2.75) is 91.3 Å². The Balaban J connectivity index is 1.44. The van der Waals surface area contributed by atoms with Crippen molar-refractivity contribution in [3.63, 3.8) is 0 Å². The number of hydrogen-bond acceptors (Lipinski definition) is 7. The van der Waals surface area contributed by atoms with Crippen LogP contribution in [0, 0.1) is 5.92 Å². The minimum atomic E-state index is -0.104. The molecule has 46 heavy (non-hydrogen) atoms. The Morgan fingerprint density at radius 2 is 1.67 bits per heavy atom. The summed E-state index contributed by atoms with van der Waals surface area (Å²) in [5.41, 5.74) is 2.86. The van der Waals surface area contributed by atoms with E-state index in [0.717, 1.165) is 88.2 Å². The number of ether oxygens (including phenoxy) is 1. The van der Waals surface area contributed by atoms with E-state index in [1.54, 1.807) is 6.07 Å². The molecule has 0 radical (unpaired) electrons. The highest BCUT2D eigenvalue weighted by Gasteiger charge is 2.35. The standard InChI is InChI=1S/C38H58N4O4/c1-6-29(3)26-41-27-31(5)42(28-30(41)4)37(33-15-12-17-35(43)25-33)32-14-11-16-34(24-32)38(45)40-21-13-20-39(22-23-40)19-10-8-9-18-36(44)46-7-2/h11-12,14-17,24-25,29-31,37,43H,6-10,13,18-23,26-28H2,1-5H3/t29?,30-,31+,37?/m1/s1. The molecule has 0 spiro atoms. The Morgan fingerprint density at radius 3 is 2.41 bits per heavy atom. The maximum absolute atomic E-state index is 13.9. The second-order valence-corrected chi connectivity index (χ2v) is 13.6. The summed E-state index contributed by atoms with van der Waals surface area (Å²) < 4.78 is 5.03. The number of rotatable bonds is 14. The first-order chi connectivity index (χ1) is 22.2. The fourth-order valence-corrected chi connectivity index (χ4v) is 7.08. The summed E-state index contributed by atoms with van der Waals surface area (Å²) in [6.45, 7) is 18.9. The van der Waals surface area contributed by atoms with Crippen molar-refractivity contribution in [2.24, 2.45) is 5.92 Å². The van der Waals surface area contributed by atoms with E-state index in [4.69, 9.17) is 4.74 Å². The van der Waals surface area contributed by atoms with Crippen LogP contribution < -0.4 is 0 Å². The maximum atomic E-state index is 13.9. The summed E-state index contributed by atoms with van der Waals surface area (Å²) in [5.74, 6) is 0.915. The molecule has 0 bridgehead atoms. The van der Waals surface area contributed by atoms with E-state index in [0.29, 0.717) is 37.6 Å². The molecule has 2 unspecified atom stereocenters. The number of aromatic hydroxyl groups is 1. The van der Waals surface area contributed by atoms with E-state index < -0.39 is 0 Å². The van der Waals surface area contributed by atoms with Crippen LogP contribution in [-0.4, -0.2) is 108 Å². The van der Waals surface area contributed by atoms with Gasteiger partial charge in [0.1, 0.15) is 5.75 Å². The molecule has 0 aliphatic carbocycles. The number of phenols is 1. The molecule has 4 atom stereocenters. The van der Waals surface area contributed by atoms with Gasteiger partial charge in [-0.3, -0.25) is 19.4 Å². The van der Waals surface area contributed by atoms with Crippen LogP contribution in [0.1, 0.15) is 101 Å². The van der Waals surface area contributed by atoms with E-state index in [1.165, 1.54) is 6.42 Å². The predicted molar refractivity (Wildman–Crippen MR) is 185 cm³/mol. The highest BCUT2D eigenvalue weighted by Crippen LogP contribution is 2.35. The number of unbranched alkanes of at least 4 members (excludes halogenated alkanes) is 2. The normalized spacial score (nSPS) is 21.5. The third-order valence-electron chi connectivity index (χ3n) is 9.91. The number of carbonyl (C=O) groups is 2. The highest BCUT2D eigenvalue weighted by molar-refractivity contribution is 5.94. The zero-order chi connectivity index (χ0) is 33.1. The Labute approximate surface area is 277 Å². The quantitative estimate of drug-likeness (QED) is 0.196. The minimum Gasteiger partial charge on any atom is -0.508 e. The van der Waals surface area contributed by atoms with Gasteiger partial charge in [0, 0.05) is 63.3 Å². The summed E-state index contributed by atoms with van der Waals surface area (Å²) in [4.78, 5) is 35.2. The molecule has 8 nitrogen and oxygen atoms in total. The number of phenolic OH excluding ortho intramolecular Hbond substituents is 1. The molecule has 2 saturated heterocycles. The smallest absolute Gasteiger partial charge is 0.305 e. The Bertz CT molecular complexity index is 1250. The zero-order valence-electron chi connectivity index (χ0n) is 29.0. The lowest BCUT2D eigenvalue weighted by Crippen LogP contribution is -2.57. The molecular formula is C38H58N4O4. The second-order valence-electron chi connectivity index (χ2n) is 13.6. The minimum absolute atomic E-state index is 0.0634. The van der Waals surface area contributed by atoms with Crippen molar-refractivity contribution in [2.75, 3.05) is 59.0 Å². The van der Waals surface area contributed by atoms with Gasteiger partial charge in [-0.2, -0.15) is 0 Å². The first-order valence-corrected chi connectivity index (χ1v) is 17.8. The molecular weight excluding hydrogens is 576 g/mol. The number of benzene rings is 2. The average Bonchev–Trinajstić information content (AvgIpc) is 3.29. The molecule has 4 rings (SSSR count). The largest absolute Gasteiger partial charge is 0.508 e. The van der Waals surface area contributed by atoms with Gasteiger partial charge in [0.05, 0.1) is 12.6 Å². The van der Waals surface area contributed by atoms with Gasteiger partial charge >= 0.3 is 5.97 Å². The van der Waals surface area contributed by atoms with E-state index in [1.807, 2.05) is 36.1 Å². The van der Waals surface area contributed by atoms with Crippen molar-refractivity contribution in [3.05, 3.63) is 65.2 Å². The number of piperazine rings is 1. The molecule has 254 valence electrons. The van der Waals surface area contributed by atoms with Gasteiger partial charge in [-0.15, -0.1) is 0 Å². The van der Waals surface area contributed by atoms with Gasteiger partial charge in [0.15, 0.2) is 0 Å². The fourth-order valence-electron chi connectivity index (χ4n) is 7.08. The molecule has 0 aromatic heterocycles. The van der Waals surface area contributed by atoms with Crippen molar-refractivity contribution < 1.29 is 19.4 Å². The van der Waals surface area contributed by atoms with E-state index in [-0.39, 0.29) is 23.7 Å². The number of hydrogen-bond donors (Lipinski definition) is 1. The van der Waals surface area contributed by atoms with Gasteiger partial charge in [-0.05, 0) is 94.4 Å². The molecule has 0 saturated carbocycles. The van der Waals surface area contributed by atoms with Crippen molar-refractivity contribution in [3.8, 4) is 5.75 Å². The van der Waals surface area contributed by atoms with Gasteiger partial charge in [0.25, 0.3) is 5.91 Å². The molecule has 8 heteroatoms. The monoisotopic (exact) mass is 634 g/mol. The Morgan fingerprint density at radius 1 is 0.913 bits per heavy atom. The molecule has 2 aliphatic heterocycles. The topological polar surface area (TPSA) is 76.6 Å². The third kappa shape index (κ3) is 10.0. The maximum Gasteiger partial charge on any atom is 0.305 e. The molecule has 1 amide bonds. The van der Waals surface area contributed by atoms with Crippen molar-refractivity contribution in [1.29, 1.82) is 0 Å². The molecule has 2 aliphatic rings. The van der Waals surface area contributed by atoms with E-state index >= 15 is 0 Å². The molecule has 2 aromatic carbocycles. The summed E-state index contributed by atoms with van der Waals surface area (Å²) in [7, 11) is 0. The van der Waals surface area contributed by atoms with Gasteiger partial charge in [-0.1, -0.05) is 51.0 Å². The Kier molecular flexibility index (Phi) is 13.9. The molecule has 2 fully saturated rings. The summed E-state index contributed by atoms with van der Waals surface area (Å²) in [6, 6.07) is 16.5. The number of amides is 1. The van der Waals surface area contributed by atoms with Crippen LogP contribution in [0.2, 0.25) is 0 Å². The summed E-state index contributed by atoms with van der Waals surface area (Å²) in [5, 5.41) is 10.5. The fraction of sp³-hybridized carbons (Fsp3) is 0.632. The lowest BCUT2D eigenvalue weighted by molar-refractivity contribution is -0.143. The van der Waals surface area contributed by atoms with Gasteiger partial charge in [0.2, 0.25) is 0 Å². The van der Waals surface area contributed by atoms with Crippen LogP contribution >= 0.6 is 0 Å². The van der Waals surface area contributed by atoms with Crippen LogP contribution in [-0.2, 0) is 9.53 Å². The van der Waals surface area contributed by atoms with E-state index in [2.05, 4.69) is 60.6 Å². The average molecular weight is 635 g/mol. The number of nitrogens with zero attached hydrogens (tertiary/aromatic N) is 4. The van der Waals surface area contributed by atoms with Crippen LogP contribution in [0.15, 0.2) is 48.5 Å². The number of esters is 1. The van der Waals surface area contributed by atoms with Crippen LogP contribution in [0.3, 0.4) is 0 Å². The summed E-state index contributed by atoms with van der Waals surface area (Å²) in [6.07, 6.45) is 5.55.